The van der Waals surface area contributed by atoms with Crippen LogP contribution in [0.15, 0.2) is 65.4 Å². The molecule has 1 aromatic carbocycles. The van der Waals surface area contributed by atoms with E-state index in [1.807, 2.05) is 49.3 Å². The summed E-state index contributed by atoms with van der Waals surface area (Å²) < 4.78 is 6.57. The van der Waals surface area contributed by atoms with Crippen LogP contribution in [0.2, 0.25) is 0 Å². The monoisotopic (exact) mass is 412 g/mol. The normalized spacial score (nSPS) is 10.3. The number of rotatable bonds is 5. The molecule has 0 aliphatic rings. The van der Waals surface area contributed by atoms with E-state index in [-0.39, 0.29) is 5.91 Å². The fourth-order valence-electron chi connectivity index (χ4n) is 2.14. The minimum Gasteiger partial charge on any atom is -0.439 e. The van der Waals surface area contributed by atoms with Crippen molar-refractivity contribution in [2.45, 2.75) is 0 Å². The van der Waals surface area contributed by atoms with Crippen molar-refractivity contribution in [1.82, 2.24) is 9.97 Å². The largest absolute Gasteiger partial charge is 0.439 e. The van der Waals surface area contributed by atoms with E-state index in [2.05, 4.69) is 31.2 Å². The molecule has 3 aromatic rings. The van der Waals surface area contributed by atoms with E-state index in [0.29, 0.717) is 23.0 Å². The third kappa shape index (κ3) is 4.58. The number of ether oxygens (including phenoxy) is 1. The van der Waals surface area contributed by atoms with Crippen LogP contribution in [-0.2, 0) is 0 Å². The lowest BCUT2D eigenvalue weighted by atomic mass is 10.2. The van der Waals surface area contributed by atoms with Gasteiger partial charge in [-0.3, -0.25) is 4.79 Å². The van der Waals surface area contributed by atoms with Gasteiger partial charge in [0.25, 0.3) is 5.91 Å². The van der Waals surface area contributed by atoms with Gasteiger partial charge in [0.2, 0.25) is 5.88 Å². The summed E-state index contributed by atoms with van der Waals surface area (Å²) in [6.45, 7) is 0. The summed E-state index contributed by atoms with van der Waals surface area (Å²) in [4.78, 5) is 22.6. The molecule has 2 aromatic heterocycles. The second kappa shape index (κ2) is 7.97. The Bertz CT molecular complexity index is 896. The van der Waals surface area contributed by atoms with Gasteiger partial charge in [-0.1, -0.05) is 22.0 Å². The van der Waals surface area contributed by atoms with Crippen molar-refractivity contribution in [1.29, 1.82) is 0 Å². The highest BCUT2D eigenvalue weighted by molar-refractivity contribution is 9.10. The molecule has 0 bridgehead atoms. The Morgan fingerprint density at radius 2 is 1.92 bits per heavy atom. The first-order valence-corrected chi connectivity index (χ1v) is 8.65. The van der Waals surface area contributed by atoms with Crippen LogP contribution in [0.5, 0.6) is 11.6 Å². The first kappa shape index (κ1) is 17.9. The van der Waals surface area contributed by atoms with Gasteiger partial charge in [0.15, 0.2) is 0 Å². The van der Waals surface area contributed by atoms with E-state index in [1.54, 1.807) is 24.4 Å². The Kier molecular flexibility index (Phi) is 5.48. The van der Waals surface area contributed by atoms with E-state index in [4.69, 9.17) is 4.74 Å². The molecule has 2 heterocycles. The highest BCUT2D eigenvalue weighted by Crippen LogP contribution is 2.23. The molecule has 0 aliphatic carbocycles. The Balaban J connectivity index is 1.65. The number of nitrogens with one attached hydrogen (secondary N) is 1. The van der Waals surface area contributed by atoms with Gasteiger partial charge >= 0.3 is 0 Å². The van der Waals surface area contributed by atoms with Gasteiger partial charge in [0.05, 0.1) is 17.4 Å². The molecular weight excluding hydrogens is 396 g/mol. The molecule has 0 fully saturated rings. The number of anilines is 2. The zero-order valence-electron chi connectivity index (χ0n) is 14.3. The topological polar surface area (TPSA) is 67.4 Å². The molecule has 6 nitrogen and oxygen atoms in total. The van der Waals surface area contributed by atoms with E-state index in [0.717, 1.165) is 10.2 Å². The average molecular weight is 413 g/mol. The van der Waals surface area contributed by atoms with Crippen molar-refractivity contribution in [3.05, 3.63) is 71.0 Å². The zero-order chi connectivity index (χ0) is 18.5. The van der Waals surface area contributed by atoms with E-state index >= 15 is 0 Å². The van der Waals surface area contributed by atoms with E-state index < -0.39 is 0 Å². The fraction of sp³-hybridized carbons (Fsp3) is 0.105. The van der Waals surface area contributed by atoms with Crippen LogP contribution < -0.4 is 15.0 Å². The maximum absolute atomic E-state index is 12.3. The van der Waals surface area contributed by atoms with Crippen LogP contribution >= 0.6 is 15.9 Å². The van der Waals surface area contributed by atoms with E-state index in [9.17, 15) is 4.79 Å². The lowest BCUT2D eigenvalue weighted by molar-refractivity contribution is 0.102. The lowest BCUT2D eigenvalue weighted by Crippen LogP contribution is -2.14. The second-order valence-electron chi connectivity index (χ2n) is 5.69. The molecule has 1 amide bonds. The van der Waals surface area contributed by atoms with Crippen molar-refractivity contribution < 1.29 is 9.53 Å². The molecule has 0 saturated carbocycles. The molecule has 132 valence electrons. The lowest BCUT2D eigenvalue weighted by Gasteiger charge is -2.12. The predicted octanol–water partition coefficient (Wildman–Crippen LogP) is 4.35. The van der Waals surface area contributed by atoms with E-state index in [1.165, 1.54) is 6.20 Å². The minimum atomic E-state index is -0.281. The zero-order valence-corrected chi connectivity index (χ0v) is 15.9. The highest BCUT2D eigenvalue weighted by Gasteiger charge is 2.09. The van der Waals surface area contributed by atoms with Crippen molar-refractivity contribution >= 4 is 33.3 Å². The number of halogens is 1. The van der Waals surface area contributed by atoms with Gasteiger partial charge in [-0.05, 0) is 36.4 Å². The Morgan fingerprint density at radius 3 is 2.54 bits per heavy atom. The first-order chi connectivity index (χ1) is 12.5. The number of pyridine rings is 2. The van der Waals surface area contributed by atoms with Crippen molar-refractivity contribution in [2.24, 2.45) is 0 Å². The summed E-state index contributed by atoms with van der Waals surface area (Å²) in [5.41, 5.74) is 1.38. The van der Waals surface area contributed by atoms with Gasteiger partial charge in [-0.25, -0.2) is 9.97 Å². The molecule has 7 heteroatoms. The molecule has 3 rings (SSSR count). The molecule has 0 spiro atoms. The Morgan fingerprint density at radius 1 is 1.08 bits per heavy atom. The molecule has 0 atom stereocenters. The third-order valence-electron chi connectivity index (χ3n) is 3.52. The Hall–Kier alpha value is -2.93. The number of hydrogen-bond donors (Lipinski definition) is 1. The van der Waals surface area contributed by atoms with Crippen LogP contribution in [0.4, 0.5) is 11.5 Å². The molecular formula is C19H17BrN4O2. The van der Waals surface area contributed by atoms with Crippen molar-refractivity contribution in [3.63, 3.8) is 0 Å². The van der Waals surface area contributed by atoms with Crippen LogP contribution in [-0.4, -0.2) is 30.0 Å². The van der Waals surface area contributed by atoms with Gasteiger partial charge in [-0.15, -0.1) is 0 Å². The summed E-state index contributed by atoms with van der Waals surface area (Å²) in [7, 11) is 3.86. The highest BCUT2D eigenvalue weighted by atomic mass is 79.9. The van der Waals surface area contributed by atoms with Gasteiger partial charge in [0, 0.05) is 30.8 Å². The molecule has 1 N–H and O–H groups in total. The average Bonchev–Trinajstić information content (AvgIpc) is 2.63. The van der Waals surface area contributed by atoms with Crippen LogP contribution in [0.1, 0.15) is 10.4 Å². The van der Waals surface area contributed by atoms with Crippen molar-refractivity contribution in [3.8, 4) is 11.6 Å². The molecule has 0 unspecified atom stereocenters. The summed E-state index contributed by atoms with van der Waals surface area (Å²) >= 11 is 3.39. The summed E-state index contributed by atoms with van der Waals surface area (Å²) in [5.74, 6) is 1.27. The quantitative estimate of drug-likeness (QED) is 0.674. The number of nitrogens with zero attached hydrogens (tertiary/aromatic N) is 3. The molecule has 26 heavy (non-hydrogen) atoms. The van der Waals surface area contributed by atoms with Gasteiger partial charge < -0.3 is 15.0 Å². The maximum atomic E-state index is 12.3. The number of aromatic nitrogens is 2. The van der Waals surface area contributed by atoms with Gasteiger partial charge in [-0.2, -0.15) is 0 Å². The summed E-state index contributed by atoms with van der Waals surface area (Å²) in [6.07, 6.45) is 3.17. The van der Waals surface area contributed by atoms with Crippen LogP contribution in [0, 0.1) is 0 Å². The Labute approximate surface area is 160 Å². The predicted molar refractivity (Wildman–Crippen MR) is 105 cm³/mol. The summed E-state index contributed by atoms with van der Waals surface area (Å²) in [6, 6.07) is 14.4. The smallest absolute Gasteiger partial charge is 0.258 e. The van der Waals surface area contributed by atoms with Gasteiger partial charge in [0.1, 0.15) is 11.6 Å². The number of carbonyl (C=O) groups is 1. The number of carbonyl (C=O) groups excluding carboxylic acids is 1. The number of benzene rings is 1. The van der Waals surface area contributed by atoms with Crippen LogP contribution in [0.3, 0.4) is 0 Å². The fourth-order valence-corrected chi connectivity index (χ4v) is 2.52. The summed E-state index contributed by atoms with van der Waals surface area (Å²) in [5, 5.41) is 2.75. The SMILES string of the molecule is CN(C)c1ccc(NC(=O)c2ccc(Oc3cccc(Br)c3)nc2)nc1. The standard InChI is InChI=1S/C19H17BrN4O2/c1-24(2)15-7-8-17(21-12-15)23-19(25)13-6-9-18(22-11-13)26-16-5-3-4-14(20)10-16/h3-12H,1-2H3,(H,21,23,25). The molecule has 0 radical (unpaired) electrons. The maximum Gasteiger partial charge on any atom is 0.258 e. The van der Waals surface area contributed by atoms with Crippen LogP contribution in [0.25, 0.3) is 0 Å². The second-order valence-corrected chi connectivity index (χ2v) is 6.61. The number of amides is 1. The first-order valence-electron chi connectivity index (χ1n) is 7.85. The minimum absolute atomic E-state index is 0.281. The number of hydrogen-bond acceptors (Lipinski definition) is 5. The third-order valence-corrected chi connectivity index (χ3v) is 4.02. The van der Waals surface area contributed by atoms with Crippen molar-refractivity contribution in [2.75, 3.05) is 24.3 Å². The molecule has 0 saturated heterocycles. The molecule has 0 aliphatic heterocycles.